The van der Waals surface area contributed by atoms with Crippen molar-refractivity contribution >= 4 is 17.5 Å². The standard InChI is InChI=1S/C18H21ClN2O2/c1-13-17(8-11-23-13)18(22)20-16-6-9-21(10-7-16)12-14-2-4-15(19)5-3-14/h2-5,8,11,16H,6-7,9-10,12H2,1H3,(H,20,22). The maximum atomic E-state index is 12.2. The highest BCUT2D eigenvalue weighted by atomic mass is 35.5. The number of benzene rings is 1. The van der Waals surface area contributed by atoms with Crippen molar-refractivity contribution < 1.29 is 9.21 Å². The third-order valence-electron chi connectivity index (χ3n) is 4.35. The van der Waals surface area contributed by atoms with E-state index >= 15 is 0 Å². The predicted molar refractivity (Wildman–Crippen MR) is 90.7 cm³/mol. The van der Waals surface area contributed by atoms with E-state index in [-0.39, 0.29) is 11.9 Å². The molecule has 1 saturated heterocycles. The number of aryl methyl sites for hydroxylation is 1. The average Bonchev–Trinajstić information content (AvgIpc) is 2.98. The van der Waals surface area contributed by atoms with Crippen LogP contribution in [-0.4, -0.2) is 29.9 Å². The molecule has 1 aromatic carbocycles. The van der Waals surface area contributed by atoms with Crippen LogP contribution in [0.3, 0.4) is 0 Å². The molecule has 1 aliphatic rings. The van der Waals surface area contributed by atoms with Gasteiger partial charge in [-0.25, -0.2) is 0 Å². The summed E-state index contributed by atoms with van der Waals surface area (Å²) in [5.74, 6) is 0.634. The lowest BCUT2D eigenvalue weighted by Gasteiger charge is -2.32. The Hall–Kier alpha value is -1.78. The Bertz CT molecular complexity index is 658. The van der Waals surface area contributed by atoms with Crippen LogP contribution in [0.5, 0.6) is 0 Å². The van der Waals surface area contributed by atoms with Crippen molar-refractivity contribution in [2.45, 2.75) is 32.4 Å². The highest BCUT2D eigenvalue weighted by Gasteiger charge is 2.22. The number of rotatable bonds is 4. The van der Waals surface area contributed by atoms with Gasteiger partial charge in [-0.3, -0.25) is 9.69 Å². The Balaban J connectivity index is 1.48. The second-order valence-electron chi connectivity index (χ2n) is 6.04. The number of carbonyl (C=O) groups excluding carboxylic acids is 1. The molecule has 1 amide bonds. The van der Waals surface area contributed by atoms with Gasteiger partial charge in [0, 0.05) is 30.7 Å². The monoisotopic (exact) mass is 332 g/mol. The van der Waals surface area contributed by atoms with Gasteiger partial charge in [-0.2, -0.15) is 0 Å². The van der Waals surface area contributed by atoms with E-state index in [1.807, 2.05) is 19.1 Å². The Kier molecular flexibility index (Phi) is 5.03. The quantitative estimate of drug-likeness (QED) is 0.929. The molecular weight excluding hydrogens is 312 g/mol. The molecule has 1 N–H and O–H groups in total. The number of nitrogens with zero attached hydrogens (tertiary/aromatic N) is 1. The SMILES string of the molecule is Cc1occc1C(=O)NC1CCN(Cc2ccc(Cl)cc2)CC1. The van der Waals surface area contributed by atoms with Crippen molar-refractivity contribution in [3.8, 4) is 0 Å². The summed E-state index contributed by atoms with van der Waals surface area (Å²) in [7, 11) is 0. The minimum atomic E-state index is -0.0348. The average molecular weight is 333 g/mol. The molecule has 1 fully saturated rings. The summed E-state index contributed by atoms with van der Waals surface area (Å²) in [6, 6.07) is 9.95. The van der Waals surface area contributed by atoms with Crippen molar-refractivity contribution in [3.63, 3.8) is 0 Å². The van der Waals surface area contributed by atoms with Gasteiger partial charge in [0.05, 0.1) is 11.8 Å². The number of hydrogen-bond acceptors (Lipinski definition) is 3. The van der Waals surface area contributed by atoms with Gasteiger partial charge in [-0.1, -0.05) is 23.7 Å². The first-order valence-corrected chi connectivity index (χ1v) is 8.31. The Morgan fingerprint density at radius 1 is 1.26 bits per heavy atom. The maximum absolute atomic E-state index is 12.2. The smallest absolute Gasteiger partial charge is 0.255 e. The van der Waals surface area contributed by atoms with E-state index in [0.717, 1.165) is 37.5 Å². The Morgan fingerprint density at radius 3 is 2.57 bits per heavy atom. The van der Waals surface area contributed by atoms with Gasteiger partial charge in [0.15, 0.2) is 0 Å². The number of furan rings is 1. The molecule has 4 nitrogen and oxygen atoms in total. The van der Waals surface area contributed by atoms with Crippen LogP contribution < -0.4 is 5.32 Å². The number of hydrogen-bond donors (Lipinski definition) is 1. The molecule has 5 heteroatoms. The Labute approximate surface area is 141 Å². The van der Waals surface area contributed by atoms with Crippen molar-refractivity contribution in [2.75, 3.05) is 13.1 Å². The van der Waals surface area contributed by atoms with Gasteiger partial charge in [0.25, 0.3) is 5.91 Å². The lowest BCUT2D eigenvalue weighted by Crippen LogP contribution is -2.44. The molecule has 23 heavy (non-hydrogen) atoms. The first-order chi connectivity index (χ1) is 11.1. The van der Waals surface area contributed by atoms with E-state index in [1.54, 1.807) is 12.3 Å². The molecule has 0 radical (unpaired) electrons. The third-order valence-corrected chi connectivity index (χ3v) is 4.60. The minimum absolute atomic E-state index is 0.0348. The molecule has 3 rings (SSSR count). The molecular formula is C18H21ClN2O2. The van der Waals surface area contributed by atoms with Crippen molar-refractivity contribution in [1.29, 1.82) is 0 Å². The maximum Gasteiger partial charge on any atom is 0.255 e. The summed E-state index contributed by atoms with van der Waals surface area (Å²) in [5.41, 5.74) is 1.90. The highest BCUT2D eigenvalue weighted by molar-refractivity contribution is 6.30. The van der Waals surface area contributed by atoms with Crippen LogP contribution >= 0.6 is 11.6 Å². The summed E-state index contributed by atoms with van der Waals surface area (Å²) in [6.45, 7) is 4.71. The molecule has 122 valence electrons. The molecule has 2 heterocycles. The van der Waals surface area contributed by atoms with Gasteiger partial charge in [-0.05, 0) is 43.5 Å². The zero-order chi connectivity index (χ0) is 16.2. The van der Waals surface area contributed by atoms with Crippen LogP contribution in [0.1, 0.15) is 34.5 Å². The third kappa shape index (κ3) is 4.15. The fourth-order valence-corrected chi connectivity index (χ4v) is 3.09. The van der Waals surface area contributed by atoms with E-state index in [1.165, 1.54) is 5.56 Å². The molecule has 0 atom stereocenters. The summed E-state index contributed by atoms with van der Waals surface area (Å²) in [5, 5.41) is 3.88. The zero-order valence-corrected chi connectivity index (χ0v) is 14.0. The van der Waals surface area contributed by atoms with E-state index in [9.17, 15) is 4.79 Å². The second-order valence-corrected chi connectivity index (χ2v) is 6.48. The van der Waals surface area contributed by atoms with Crippen molar-refractivity contribution in [2.24, 2.45) is 0 Å². The van der Waals surface area contributed by atoms with Gasteiger partial charge < -0.3 is 9.73 Å². The molecule has 0 spiro atoms. The number of amides is 1. The summed E-state index contributed by atoms with van der Waals surface area (Å²) in [4.78, 5) is 14.6. The number of nitrogens with one attached hydrogen (secondary N) is 1. The van der Waals surface area contributed by atoms with Crippen LogP contribution in [0.15, 0.2) is 41.0 Å². The van der Waals surface area contributed by atoms with Crippen LogP contribution in [-0.2, 0) is 6.54 Å². The highest BCUT2D eigenvalue weighted by Crippen LogP contribution is 2.17. The van der Waals surface area contributed by atoms with Gasteiger partial charge in [-0.15, -0.1) is 0 Å². The van der Waals surface area contributed by atoms with Crippen LogP contribution in [0.4, 0.5) is 0 Å². The summed E-state index contributed by atoms with van der Waals surface area (Å²) >= 11 is 5.91. The van der Waals surface area contributed by atoms with Gasteiger partial charge in [0.1, 0.15) is 5.76 Å². The molecule has 0 saturated carbocycles. The molecule has 0 bridgehead atoms. The Morgan fingerprint density at radius 2 is 1.96 bits per heavy atom. The first-order valence-electron chi connectivity index (χ1n) is 7.93. The number of halogens is 1. The van der Waals surface area contributed by atoms with Crippen molar-refractivity contribution in [1.82, 2.24) is 10.2 Å². The zero-order valence-electron chi connectivity index (χ0n) is 13.2. The fraction of sp³-hybridized carbons (Fsp3) is 0.389. The molecule has 0 aliphatic carbocycles. The fourth-order valence-electron chi connectivity index (χ4n) is 2.97. The van der Waals surface area contributed by atoms with E-state index in [2.05, 4.69) is 22.3 Å². The molecule has 0 unspecified atom stereocenters. The van der Waals surface area contributed by atoms with Crippen LogP contribution in [0.25, 0.3) is 0 Å². The molecule has 2 aromatic rings. The second kappa shape index (κ2) is 7.20. The lowest BCUT2D eigenvalue weighted by atomic mass is 10.0. The number of likely N-dealkylation sites (tertiary alicyclic amines) is 1. The van der Waals surface area contributed by atoms with Gasteiger partial charge >= 0.3 is 0 Å². The van der Waals surface area contributed by atoms with Gasteiger partial charge in [0.2, 0.25) is 0 Å². The van der Waals surface area contributed by atoms with E-state index in [4.69, 9.17) is 16.0 Å². The van der Waals surface area contributed by atoms with Crippen LogP contribution in [0.2, 0.25) is 5.02 Å². The lowest BCUT2D eigenvalue weighted by molar-refractivity contribution is 0.0907. The predicted octanol–water partition coefficient (Wildman–Crippen LogP) is 3.64. The summed E-state index contributed by atoms with van der Waals surface area (Å²) < 4.78 is 5.19. The largest absolute Gasteiger partial charge is 0.469 e. The molecule has 1 aromatic heterocycles. The van der Waals surface area contributed by atoms with Crippen LogP contribution in [0, 0.1) is 6.92 Å². The summed E-state index contributed by atoms with van der Waals surface area (Å²) in [6.07, 6.45) is 3.49. The minimum Gasteiger partial charge on any atom is -0.469 e. The first kappa shape index (κ1) is 16.1. The van der Waals surface area contributed by atoms with E-state index in [0.29, 0.717) is 11.3 Å². The van der Waals surface area contributed by atoms with Crippen molar-refractivity contribution in [3.05, 3.63) is 58.5 Å². The van der Waals surface area contributed by atoms with E-state index < -0.39 is 0 Å². The number of carbonyl (C=O) groups is 1. The normalized spacial score (nSPS) is 16.4. The topological polar surface area (TPSA) is 45.5 Å². The number of piperidine rings is 1. The molecule has 1 aliphatic heterocycles.